The number of nitrogens with zero attached hydrogens (tertiary/aromatic N) is 4. The Labute approximate surface area is 141 Å². The van der Waals surface area contributed by atoms with E-state index < -0.39 is 0 Å². The summed E-state index contributed by atoms with van der Waals surface area (Å²) in [4.78, 5) is 25.6. The molecule has 1 amide bonds. The number of methoxy groups -OCH3 is 1. The van der Waals surface area contributed by atoms with Gasteiger partial charge in [0.05, 0.1) is 7.11 Å². The van der Waals surface area contributed by atoms with E-state index in [9.17, 15) is 4.79 Å². The summed E-state index contributed by atoms with van der Waals surface area (Å²) in [7, 11) is 1.61. The first kappa shape index (κ1) is 16.4. The van der Waals surface area contributed by atoms with Crippen LogP contribution in [-0.4, -0.2) is 65.1 Å². The van der Waals surface area contributed by atoms with Crippen molar-refractivity contribution in [1.29, 1.82) is 0 Å². The van der Waals surface area contributed by atoms with Gasteiger partial charge in [-0.2, -0.15) is 16.7 Å². The fourth-order valence-electron chi connectivity index (χ4n) is 3.20. The Morgan fingerprint density at radius 2 is 2.13 bits per heavy atom. The lowest BCUT2D eigenvalue weighted by Gasteiger charge is -2.36. The molecular weight excluding hydrogens is 312 g/mol. The van der Waals surface area contributed by atoms with E-state index in [-0.39, 0.29) is 5.92 Å². The van der Waals surface area contributed by atoms with Gasteiger partial charge in [-0.1, -0.05) is 6.92 Å². The Morgan fingerprint density at radius 3 is 2.83 bits per heavy atom. The van der Waals surface area contributed by atoms with Crippen molar-refractivity contribution in [3.05, 3.63) is 12.3 Å². The number of carbonyl (C=O) groups is 1. The molecule has 2 saturated heterocycles. The summed E-state index contributed by atoms with van der Waals surface area (Å²) in [6.45, 7) is 5.63. The maximum absolute atomic E-state index is 12.7. The van der Waals surface area contributed by atoms with E-state index in [1.807, 2.05) is 11.8 Å². The van der Waals surface area contributed by atoms with Gasteiger partial charge in [0.1, 0.15) is 0 Å². The molecule has 0 saturated carbocycles. The van der Waals surface area contributed by atoms with E-state index in [4.69, 9.17) is 4.74 Å². The Hall–Kier alpha value is -1.50. The van der Waals surface area contributed by atoms with Crippen LogP contribution in [0.2, 0.25) is 0 Å². The SMILES string of the molecule is COc1ccnc(N2CCC(C(=O)N3CCS[C@@H](C)C3)CC2)n1. The third-order valence-corrected chi connectivity index (χ3v) is 5.64. The molecule has 1 aromatic heterocycles. The largest absolute Gasteiger partial charge is 0.481 e. The fraction of sp³-hybridized carbons (Fsp3) is 0.688. The average molecular weight is 336 g/mol. The number of anilines is 1. The molecule has 1 atom stereocenters. The second-order valence-electron chi connectivity index (χ2n) is 6.13. The van der Waals surface area contributed by atoms with Crippen LogP contribution in [0, 0.1) is 5.92 Å². The van der Waals surface area contributed by atoms with Crippen molar-refractivity contribution in [3.8, 4) is 5.88 Å². The van der Waals surface area contributed by atoms with Gasteiger partial charge in [-0.3, -0.25) is 4.79 Å². The van der Waals surface area contributed by atoms with Gasteiger partial charge in [0.2, 0.25) is 17.7 Å². The molecule has 0 unspecified atom stereocenters. The zero-order valence-corrected chi connectivity index (χ0v) is 14.6. The van der Waals surface area contributed by atoms with E-state index in [2.05, 4.69) is 26.7 Å². The number of piperidine rings is 1. The van der Waals surface area contributed by atoms with Crippen molar-refractivity contribution in [2.24, 2.45) is 5.92 Å². The minimum Gasteiger partial charge on any atom is -0.481 e. The third-order valence-electron chi connectivity index (χ3n) is 4.51. The lowest BCUT2D eigenvalue weighted by Crippen LogP contribution is -2.47. The molecule has 3 heterocycles. The molecule has 0 aliphatic carbocycles. The molecule has 2 aliphatic rings. The van der Waals surface area contributed by atoms with Crippen molar-refractivity contribution in [1.82, 2.24) is 14.9 Å². The van der Waals surface area contributed by atoms with Crippen LogP contribution in [0.1, 0.15) is 19.8 Å². The van der Waals surface area contributed by atoms with Gasteiger partial charge in [0, 0.05) is 55.4 Å². The standard InChI is InChI=1S/C16H24N4O2S/c1-12-11-20(9-10-23-12)15(21)13-4-7-19(8-5-13)16-17-6-3-14(18-16)22-2/h3,6,12-13H,4-5,7-11H2,1-2H3/t12-/m0/s1. The molecule has 1 aromatic rings. The number of hydrogen-bond acceptors (Lipinski definition) is 6. The molecule has 0 aromatic carbocycles. The monoisotopic (exact) mass is 336 g/mol. The Balaban J connectivity index is 1.56. The molecule has 0 spiro atoms. The first-order valence-electron chi connectivity index (χ1n) is 8.19. The van der Waals surface area contributed by atoms with Crippen LogP contribution in [0.15, 0.2) is 12.3 Å². The lowest BCUT2D eigenvalue weighted by atomic mass is 9.95. The zero-order chi connectivity index (χ0) is 16.2. The smallest absolute Gasteiger partial charge is 0.228 e. The van der Waals surface area contributed by atoms with Gasteiger partial charge in [0.15, 0.2) is 0 Å². The summed E-state index contributed by atoms with van der Waals surface area (Å²) in [5, 5.41) is 0.554. The first-order chi connectivity index (χ1) is 11.2. The van der Waals surface area contributed by atoms with Gasteiger partial charge in [0.25, 0.3) is 0 Å². The zero-order valence-electron chi connectivity index (χ0n) is 13.8. The highest BCUT2D eigenvalue weighted by molar-refractivity contribution is 7.99. The molecule has 0 N–H and O–H groups in total. The van der Waals surface area contributed by atoms with E-state index in [0.29, 0.717) is 23.0 Å². The predicted molar refractivity (Wildman–Crippen MR) is 92.0 cm³/mol. The molecule has 2 fully saturated rings. The number of ether oxygens (including phenoxy) is 1. The van der Waals surface area contributed by atoms with Gasteiger partial charge >= 0.3 is 0 Å². The number of aromatic nitrogens is 2. The van der Waals surface area contributed by atoms with Crippen LogP contribution >= 0.6 is 11.8 Å². The van der Waals surface area contributed by atoms with Crippen molar-refractivity contribution >= 4 is 23.6 Å². The van der Waals surface area contributed by atoms with Crippen molar-refractivity contribution in [2.75, 3.05) is 43.9 Å². The quantitative estimate of drug-likeness (QED) is 0.837. The third kappa shape index (κ3) is 3.88. The van der Waals surface area contributed by atoms with Gasteiger partial charge < -0.3 is 14.5 Å². The van der Waals surface area contributed by atoms with Crippen LogP contribution in [-0.2, 0) is 4.79 Å². The normalized spacial score (nSPS) is 23.0. The van der Waals surface area contributed by atoms with Crippen LogP contribution in [0.5, 0.6) is 5.88 Å². The minimum absolute atomic E-state index is 0.146. The van der Waals surface area contributed by atoms with E-state index in [1.165, 1.54) is 0 Å². The highest BCUT2D eigenvalue weighted by Crippen LogP contribution is 2.26. The van der Waals surface area contributed by atoms with Gasteiger partial charge in [-0.15, -0.1) is 0 Å². The van der Waals surface area contributed by atoms with Crippen molar-refractivity contribution < 1.29 is 9.53 Å². The van der Waals surface area contributed by atoms with Crippen LogP contribution in [0.4, 0.5) is 5.95 Å². The second kappa shape index (κ2) is 7.38. The summed E-state index contributed by atoms with van der Waals surface area (Å²) < 4.78 is 5.15. The Bertz CT molecular complexity index is 549. The maximum Gasteiger partial charge on any atom is 0.228 e. The summed E-state index contributed by atoms with van der Waals surface area (Å²) in [5.41, 5.74) is 0. The number of hydrogen-bond donors (Lipinski definition) is 0. The topological polar surface area (TPSA) is 58.6 Å². The number of carbonyl (C=O) groups excluding carboxylic acids is 1. The van der Waals surface area contributed by atoms with Crippen molar-refractivity contribution in [3.63, 3.8) is 0 Å². The Kier molecular flexibility index (Phi) is 5.25. The molecule has 6 nitrogen and oxygen atoms in total. The second-order valence-corrected chi connectivity index (χ2v) is 7.67. The van der Waals surface area contributed by atoms with Gasteiger partial charge in [-0.05, 0) is 12.8 Å². The molecule has 7 heteroatoms. The summed E-state index contributed by atoms with van der Waals surface area (Å²) in [6.07, 6.45) is 3.46. The summed E-state index contributed by atoms with van der Waals surface area (Å²) in [6, 6.07) is 1.75. The molecule has 0 radical (unpaired) electrons. The average Bonchev–Trinajstić information content (AvgIpc) is 2.61. The first-order valence-corrected chi connectivity index (χ1v) is 9.24. The van der Waals surface area contributed by atoms with Gasteiger partial charge in [-0.25, -0.2) is 4.98 Å². The minimum atomic E-state index is 0.146. The van der Waals surface area contributed by atoms with Crippen molar-refractivity contribution in [2.45, 2.75) is 25.0 Å². The number of thioether (sulfide) groups is 1. The maximum atomic E-state index is 12.7. The number of rotatable bonds is 3. The van der Waals surface area contributed by atoms with E-state index >= 15 is 0 Å². The molecule has 0 bridgehead atoms. The van der Waals surface area contributed by atoms with Crippen LogP contribution < -0.4 is 9.64 Å². The predicted octanol–water partition coefficient (Wildman–Crippen LogP) is 1.67. The highest BCUT2D eigenvalue weighted by Gasteiger charge is 2.31. The fourth-order valence-corrected chi connectivity index (χ4v) is 4.22. The molecule has 3 rings (SSSR count). The highest BCUT2D eigenvalue weighted by atomic mass is 32.2. The van der Waals surface area contributed by atoms with Crippen LogP contribution in [0.25, 0.3) is 0 Å². The van der Waals surface area contributed by atoms with E-state index in [1.54, 1.807) is 19.4 Å². The Morgan fingerprint density at radius 1 is 1.35 bits per heavy atom. The lowest BCUT2D eigenvalue weighted by molar-refractivity contribution is -0.136. The molecule has 23 heavy (non-hydrogen) atoms. The number of amides is 1. The van der Waals surface area contributed by atoms with Crippen LogP contribution in [0.3, 0.4) is 0 Å². The molecule has 2 aliphatic heterocycles. The van der Waals surface area contributed by atoms with E-state index in [0.717, 1.165) is 44.8 Å². The summed E-state index contributed by atoms with van der Waals surface area (Å²) in [5.74, 6) is 2.81. The molecule has 126 valence electrons. The summed E-state index contributed by atoms with van der Waals surface area (Å²) >= 11 is 1.96. The molecular formula is C16H24N4O2S.